The highest BCUT2D eigenvalue weighted by atomic mass is 79.9. The average molecular weight is 254 g/mol. The molecular weight excluding hydrogens is 246 g/mol. The Labute approximate surface area is 89.7 Å². The summed E-state index contributed by atoms with van der Waals surface area (Å²) < 4.78 is 7.62. The molecule has 4 nitrogen and oxygen atoms in total. The zero-order valence-electron chi connectivity index (χ0n) is 7.51. The van der Waals surface area contributed by atoms with Crippen LogP contribution in [0.2, 0.25) is 0 Å². The molecule has 0 atom stereocenters. The molecule has 0 aliphatic heterocycles. The lowest BCUT2D eigenvalue weighted by Crippen LogP contribution is -1.94. The van der Waals surface area contributed by atoms with Crippen LogP contribution in [0, 0.1) is 0 Å². The van der Waals surface area contributed by atoms with Gasteiger partial charge in [-0.1, -0.05) is 0 Å². The van der Waals surface area contributed by atoms with Crippen molar-refractivity contribution in [1.82, 2.24) is 14.5 Å². The van der Waals surface area contributed by atoms with Crippen molar-refractivity contribution in [2.45, 2.75) is 0 Å². The van der Waals surface area contributed by atoms with Gasteiger partial charge in [0.05, 0.1) is 13.3 Å². The van der Waals surface area contributed by atoms with Crippen molar-refractivity contribution in [2.75, 3.05) is 7.11 Å². The predicted molar refractivity (Wildman–Crippen MR) is 55.6 cm³/mol. The average Bonchev–Trinajstić information content (AvgIpc) is 2.65. The Morgan fingerprint density at radius 3 is 2.71 bits per heavy atom. The fourth-order valence-corrected chi connectivity index (χ4v) is 1.38. The standard InChI is InChI=1S/C9H8BrN3O/c1-14-7-2-3-9(11-4-7)13-5-8(10)12-6-13/h2-6H,1H3. The van der Waals surface area contributed by atoms with Crippen LogP contribution in [0.15, 0.2) is 35.5 Å². The number of hydrogen-bond donors (Lipinski definition) is 0. The van der Waals surface area contributed by atoms with E-state index in [0.29, 0.717) is 0 Å². The minimum absolute atomic E-state index is 0.743. The largest absolute Gasteiger partial charge is 0.495 e. The van der Waals surface area contributed by atoms with Crippen LogP contribution in [-0.2, 0) is 0 Å². The summed E-state index contributed by atoms with van der Waals surface area (Å²) in [7, 11) is 1.62. The highest BCUT2D eigenvalue weighted by molar-refractivity contribution is 9.10. The van der Waals surface area contributed by atoms with Crippen molar-refractivity contribution < 1.29 is 4.74 Å². The minimum atomic E-state index is 0.743. The van der Waals surface area contributed by atoms with Crippen molar-refractivity contribution in [3.63, 3.8) is 0 Å². The molecule has 5 heteroatoms. The van der Waals surface area contributed by atoms with Crippen molar-refractivity contribution in [2.24, 2.45) is 0 Å². The Kier molecular flexibility index (Phi) is 2.49. The molecule has 0 unspecified atom stereocenters. The molecule has 2 aromatic heterocycles. The molecule has 0 N–H and O–H groups in total. The zero-order chi connectivity index (χ0) is 9.97. The first kappa shape index (κ1) is 9.21. The van der Waals surface area contributed by atoms with Crippen LogP contribution in [0.1, 0.15) is 0 Å². The molecule has 0 saturated carbocycles. The molecular formula is C9H8BrN3O. The maximum atomic E-state index is 5.01. The molecule has 0 amide bonds. The minimum Gasteiger partial charge on any atom is -0.495 e. The van der Waals surface area contributed by atoms with Crippen LogP contribution in [-0.4, -0.2) is 21.6 Å². The molecule has 0 aliphatic carbocycles. The number of ether oxygens (including phenoxy) is 1. The quantitative estimate of drug-likeness (QED) is 0.823. The highest BCUT2D eigenvalue weighted by Crippen LogP contribution is 2.13. The molecule has 14 heavy (non-hydrogen) atoms. The van der Waals surface area contributed by atoms with Crippen molar-refractivity contribution >= 4 is 15.9 Å². The fourth-order valence-electron chi connectivity index (χ4n) is 1.07. The molecule has 2 aromatic rings. The van der Waals surface area contributed by atoms with E-state index in [1.54, 1.807) is 19.6 Å². The van der Waals surface area contributed by atoms with Gasteiger partial charge in [-0.3, -0.25) is 4.57 Å². The van der Waals surface area contributed by atoms with Crippen molar-refractivity contribution in [3.8, 4) is 11.6 Å². The lowest BCUT2D eigenvalue weighted by Gasteiger charge is -2.01. The topological polar surface area (TPSA) is 39.9 Å². The second-order valence-corrected chi connectivity index (χ2v) is 3.47. The molecule has 0 aromatic carbocycles. The summed E-state index contributed by atoms with van der Waals surface area (Å²) in [5, 5.41) is 0. The van der Waals surface area contributed by atoms with E-state index in [1.807, 2.05) is 22.9 Å². The van der Waals surface area contributed by atoms with Crippen LogP contribution in [0.4, 0.5) is 0 Å². The van der Waals surface area contributed by atoms with Gasteiger partial charge < -0.3 is 4.74 Å². The van der Waals surface area contributed by atoms with Crippen LogP contribution in [0.5, 0.6) is 5.75 Å². The monoisotopic (exact) mass is 253 g/mol. The van der Waals surface area contributed by atoms with Crippen molar-refractivity contribution in [1.29, 1.82) is 0 Å². The first-order valence-electron chi connectivity index (χ1n) is 3.99. The fraction of sp³-hybridized carbons (Fsp3) is 0.111. The molecule has 0 bridgehead atoms. The molecule has 0 radical (unpaired) electrons. The highest BCUT2D eigenvalue weighted by Gasteiger charge is 1.99. The maximum Gasteiger partial charge on any atom is 0.138 e. The summed E-state index contributed by atoms with van der Waals surface area (Å²) in [6.45, 7) is 0. The van der Waals surface area contributed by atoms with Gasteiger partial charge in [-0.25, -0.2) is 9.97 Å². The van der Waals surface area contributed by atoms with E-state index >= 15 is 0 Å². The third-order valence-corrected chi connectivity index (χ3v) is 2.18. The van der Waals surface area contributed by atoms with Gasteiger partial charge in [0.1, 0.15) is 22.5 Å². The number of pyridine rings is 1. The predicted octanol–water partition coefficient (Wildman–Crippen LogP) is 2.04. The number of halogens is 1. The van der Waals surface area contributed by atoms with Gasteiger partial charge in [0.25, 0.3) is 0 Å². The Balaban J connectivity index is 2.33. The number of aromatic nitrogens is 3. The van der Waals surface area contributed by atoms with Gasteiger partial charge in [0, 0.05) is 6.20 Å². The molecule has 0 saturated heterocycles. The third kappa shape index (κ3) is 1.77. The van der Waals surface area contributed by atoms with Crippen LogP contribution >= 0.6 is 15.9 Å². The molecule has 0 aliphatic rings. The summed E-state index contributed by atoms with van der Waals surface area (Å²) in [4.78, 5) is 8.25. The van der Waals surface area contributed by atoms with Gasteiger partial charge in [0.2, 0.25) is 0 Å². The summed E-state index contributed by atoms with van der Waals surface area (Å²) in [5.41, 5.74) is 0. The van der Waals surface area contributed by atoms with E-state index in [0.717, 1.165) is 16.2 Å². The molecule has 0 spiro atoms. The number of nitrogens with zero attached hydrogens (tertiary/aromatic N) is 3. The van der Waals surface area contributed by atoms with E-state index in [9.17, 15) is 0 Å². The molecule has 2 rings (SSSR count). The van der Waals surface area contributed by atoms with Gasteiger partial charge in [0.15, 0.2) is 0 Å². The van der Waals surface area contributed by atoms with E-state index in [1.165, 1.54) is 0 Å². The van der Waals surface area contributed by atoms with Gasteiger partial charge >= 0.3 is 0 Å². The third-order valence-electron chi connectivity index (χ3n) is 1.77. The Hall–Kier alpha value is -1.36. The molecule has 0 fully saturated rings. The van der Waals surface area contributed by atoms with E-state index in [-0.39, 0.29) is 0 Å². The van der Waals surface area contributed by atoms with E-state index in [2.05, 4.69) is 25.9 Å². The van der Waals surface area contributed by atoms with Crippen LogP contribution in [0.3, 0.4) is 0 Å². The summed E-state index contributed by atoms with van der Waals surface area (Å²) in [6.07, 6.45) is 5.21. The Morgan fingerprint density at radius 2 is 2.21 bits per heavy atom. The summed E-state index contributed by atoms with van der Waals surface area (Å²) in [6, 6.07) is 3.73. The second-order valence-electron chi connectivity index (χ2n) is 2.66. The smallest absolute Gasteiger partial charge is 0.138 e. The van der Waals surface area contributed by atoms with Crippen LogP contribution < -0.4 is 4.74 Å². The lowest BCUT2D eigenvalue weighted by atomic mass is 10.4. The second kappa shape index (κ2) is 3.79. The molecule has 2 heterocycles. The number of methoxy groups -OCH3 is 1. The van der Waals surface area contributed by atoms with Gasteiger partial charge in [-0.15, -0.1) is 0 Å². The summed E-state index contributed by atoms with van der Waals surface area (Å²) in [5.74, 6) is 1.55. The SMILES string of the molecule is COc1ccc(-n2cnc(Br)c2)nc1. The summed E-state index contributed by atoms with van der Waals surface area (Å²) >= 11 is 3.27. The van der Waals surface area contributed by atoms with E-state index in [4.69, 9.17) is 4.74 Å². The number of rotatable bonds is 2. The maximum absolute atomic E-state index is 5.01. The molecule has 72 valence electrons. The normalized spacial score (nSPS) is 10.1. The van der Waals surface area contributed by atoms with E-state index < -0.39 is 0 Å². The Morgan fingerprint density at radius 1 is 1.36 bits per heavy atom. The van der Waals surface area contributed by atoms with Gasteiger partial charge in [-0.05, 0) is 28.1 Å². The lowest BCUT2D eigenvalue weighted by molar-refractivity contribution is 0.413. The Bertz CT molecular complexity index is 424. The number of hydrogen-bond acceptors (Lipinski definition) is 3. The van der Waals surface area contributed by atoms with Crippen molar-refractivity contribution in [3.05, 3.63) is 35.5 Å². The first-order valence-corrected chi connectivity index (χ1v) is 4.79. The van der Waals surface area contributed by atoms with Crippen LogP contribution in [0.25, 0.3) is 5.82 Å². The number of imidazole rings is 1. The first-order chi connectivity index (χ1) is 6.79. The zero-order valence-corrected chi connectivity index (χ0v) is 9.10. The van der Waals surface area contributed by atoms with Gasteiger partial charge in [-0.2, -0.15) is 0 Å².